The third-order valence-electron chi connectivity index (χ3n) is 2.66. The molecule has 0 radical (unpaired) electrons. The van der Waals surface area contributed by atoms with E-state index in [0.29, 0.717) is 0 Å². The Morgan fingerprint density at radius 2 is 2.00 bits per heavy atom. The van der Waals surface area contributed by atoms with Crippen LogP contribution in [0.25, 0.3) is 21.9 Å². The van der Waals surface area contributed by atoms with Crippen LogP contribution >= 0.6 is 15.9 Å². The van der Waals surface area contributed by atoms with Crippen molar-refractivity contribution in [2.24, 2.45) is 0 Å². The van der Waals surface area contributed by atoms with E-state index in [0.717, 1.165) is 26.4 Å². The van der Waals surface area contributed by atoms with E-state index >= 15 is 0 Å². The van der Waals surface area contributed by atoms with Gasteiger partial charge in [-0.05, 0) is 40.5 Å². The Hall–Kier alpha value is -1.48. The van der Waals surface area contributed by atoms with Crippen LogP contribution in [0.5, 0.6) is 0 Å². The number of pyridine rings is 2. The van der Waals surface area contributed by atoms with E-state index in [-0.39, 0.29) is 0 Å². The molecule has 16 heavy (non-hydrogen) atoms. The Bertz CT molecular complexity index is 691. The van der Waals surface area contributed by atoms with Gasteiger partial charge in [0.1, 0.15) is 0 Å². The number of aryl methyl sites for hydroxylation is 1. The van der Waals surface area contributed by atoms with Gasteiger partial charge in [-0.3, -0.25) is 0 Å². The van der Waals surface area contributed by atoms with Crippen molar-refractivity contribution in [3.8, 4) is 0 Å². The highest BCUT2D eigenvalue weighted by atomic mass is 79.9. The zero-order valence-corrected chi connectivity index (χ0v) is 10.3. The first kappa shape index (κ1) is 9.73. The smallest absolute Gasteiger partial charge is 0.159 e. The molecule has 3 rings (SSSR count). The average molecular weight is 273 g/mol. The predicted molar refractivity (Wildman–Crippen MR) is 69.5 cm³/mol. The maximum absolute atomic E-state index is 4.59. The number of benzene rings is 1. The van der Waals surface area contributed by atoms with Crippen LogP contribution in [0, 0.1) is 6.92 Å². The first-order valence-electron chi connectivity index (χ1n) is 5.06. The number of hydrogen-bond acceptors (Lipinski definition) is 2. The molecular weight excluding hydrogens is 264 g/mol. The molecule has 0 bridgehead atoms. The fourth-order valence-corrected chi connectivity index (χ4v) is 2.22. The molecule has 0 aliphatic heterocycles. The van der Waals surface area contributed by atoms with Gasteiger partial charge >= 0.3 is 0 Å². The molecule has 0 saturated heterocycles. The zero-order valence-electron chi connectivity index (χ0n) is 8.74. The molecule has 0 saturated carbocycles. The highest BCUT2D eigenvalue weighted by Gasteiger charge is 2.03. The molecule has 1 aromatic carbocycles. The van der Waals surface area contributed by atoms with Crippen molar-refractivity contribution in [2.45, 2.75) is 6.92 Å². The summed E-state index contributed by atoms with van der Waals surface area (Å²) in [6, 6.07) is 10.4. The Balaban J connectivity index is 2.49. The van der Waals surface area contributed by atoms with Gasteiger partial charge in [0.2, 0.25) is 0 Å². The summed E-state index contributed by atoms with van der Waals surface area (Å²) in [5.74, 6) is 0. The molecule has 2 aromatic heterocycles. The van der Waals surface area contributed by atoms with Gasteiger partial charge in [0.25, 0.3) is 0 Å². The fourth-order valence-electron chi connectivity index (χ4n) is 1.87. The van der Waals surface area contributed by atoms with Crippen LogP contribution in [-0.2, 0) is 0 Å². The molecule has 0 atom stereocenters. The molecule has 0 aliphatic carbocycles. The normalized spacial score (nSPS) is 11.1. The first-order valence-corrected chi connectivity index (χ1v) is 5.85. The van der Waals surface area contributed by atoms with Gasteiger partial charge in [0, 0.05) is 21.4 Å². The Morgan fingerprint density at radius 3 is 2.88 bits per heavy atom. The van der Waals surface area contributed by atoms with Crippen LogP contribution in [0.1, 0.15) is 5.56 Å². The number of para-hydroxylation sites is 1. The number of hydrogen-bond donors (Lipinski definition) is 0. The van der Waals surface area contributed by atoms with Crippen LogP contribution in [0.2, 0.25) is 0 Å². The van der Waals surface area contributed by atoms with Crippen LogP contribution in [0.4, 0.5) is 0 Å². The van der Waals surface area contributed by atoms with Crippen molar-refractivity contribution in [3.63, 3.8) is 0 Å². The van der Waals surface area contributed by atoms with Gasteiger partial charge in [0.05, 0.1) is 5.52 Å². The number of aromatic nitrogens is 2. The lowest BCUT2D eigenvalue weighted by atomic mass is 10.1. The lowest BCUT2D eigenvalue weighted by molar-refractivity contribution is 1.30. The Labute approximate surface area is 101 Å². The number of rotatable bonds is 0. The summed E-state index contributed by atoms with van der Waals surface area (Å²) in [4.78, 5) is 8.90. The molecule has 2 nitrogen and oxygen atoms in total. The molecule has 0 aliphatic rings. The van der Waals surface area contributed by atoms with Gasteiger partial charge in [-0.2, -0.15) is 0 Å². The van der Waals surface area contributed by atoms with Crippen molar-refractivity contribution < 1.29 is 0 Å². The predicted octanol–water partition coefficient (Wildman–Crippen LogP) is 3.85. The Kier molecular flexibility index (Phi) is 2.14. The molecule has 3 aromatic rings. The summed E-state index contributed by atoms with van der Waals surface area (Å²) >= 11 is 3.42. The minimum absolute atomic E-state index is 0.796. The highest BCUT2D eigenvalue weighted by Crippen LogP contribution is 2.22. The minimum Gasteiger partial charge on any atom is -0.235 e. The fraction of sp³-hybridized carbons (Fsp3) is 0.0769. The Morgan fingerprint density at radius 1 is 1.12 bits per heavy atom. The van der Waals surface area contributed by atoms with Crippen LogP contribution < -0.4 is 0 Å². The van der Waals surface area contributed by atoms with Crippen molar-refractivity contribution in [1.82, 2.24) is 9.97 Å². The van der Waals surface area contributed by atoms with Crippen LogP contribution in [0.3, 0.4) is 0 Å². The average Bonchev–Trinajstić information content (AvgIpc) is 2.27. The van der Waals surface area contributed by atoms with Gasteiger partial charge in [-0.15, -0.1) is 0 Å². The monoisotopic (exact) mass is 272 g/mol. The highest BCUT2D eigenvalue weighted by molar-refractivity contribution is 9.10. The van der Waals surface area contributed by atoms with Gasteiger partial charge < -0.3 is 0 Å². The van der Waals surface area contributed by atoms with Crippen LogP contribution in [-0.4, -0.2) is 9.97 Å². The summed E-state index contributed by atoms with van der Waals surface area (Å²) in [7, 11) is 0. The van der Waals surface area contributed by atoms with Crippen molar-refractivity contribution in [1.29, 1.82) is 0 Å². The summed E-state index contributed by atoms with van der Waals surface area (Å²) in [6.45, 7) is 2.07. The first-order chi connectivity index (χ1) is 7.74. The van der Waals surface area contributed by atoms with E-state index in [9.17, 15) is 0 Å². The van der Waals surface area contributed by atoms with E-state index < -0.39 is 0 Å². The minimum atomic E-state index is 0.796. The third kappa shape index (κ3) is 1.48. The standard InChI is InChI=1S/C13H9BrN2/c1-8-3-2-4-9-5-10-6-11(14)7-15-13(10)16-12(8)9/h2-7H,1H3. The van der Waals surface area contributed by atoms with Crippen molar-refractivity contribution in [3.05, 3.63) is 46.6 Å². The van der Waals surface area contributed by atoms with Crippen molar-refractivity contribution in [2.75, 3.05) is 0 Å². The zero-order chi connectivity index (χ0) is 11.1. The molecule has 0 unspecified atom stereocenters. The molecule has 3 heteroatoms. The van der Waals surface area contributed by atoms with Crippen molar-refractivity contribution >= 4 is 37.9 Å². The quantitative estimate of drug-likeness (QED) is 0.581. The number of halogens is 1. The van der Waals surface area contributed by atoms with E-state index in [4.69, 9.17) is 0 Å². The summed E-state index contributed by atoms with van der Waals surface area (Å²) in [6.07, 6.45) is 1.78. The van der Waals surface area contributed by atoms with Crippen LogP contribution in [0.15, 0.2) is 41.0 Å². The molecule has 0 fully saturated rings. The topological polar surface area (TPSA) is 25.8 Å². The lowest BCUT2D eigenvalue weighted by Gasteiger charge is -2.03. The van der Waals surface area contributed by atoms with Gasteiger partial charge in [-0.25, -0.2) is 9.97 Å². The van der Waals surface area contributed by atoms with E-state index in [2.05, 4.69) is 57.1 Å². The lowest BCUT2D eigenvalue weighted by Crippen LogP contribution is -1.88. The SMILES string of the molecule is Cc1cccc2cc3cc(Br)cnc3nc12. The van der Waals surface area contributed by atoms with Gasteiger partial charge in [-0.1, -0.05) is 18.2 Å². The molecule has 0 N–H and O–H groups in total. The molecular formula is C13H9BrN2. The molecule has 0 amide bonds. The largest absolute Gasteiger partial charge is 0.235 e. The number of fused-ring (bicyclic) bond motifs is 2. The molecule has 78 valence electrons. The van der Waals surface area contributed by atoms with E-state index in [1.807, 2.05) is 6.07 Å². The van der Waals surface area contributed by atoms with E-state index in [1.165, 1.54) is 5.56 Å². The van der Waals surface area contributed by atoms with E-state index in [1.54, 1.807) is 6.20 Å². The summed E-state index contributed by atoms with van der Waals surface area (Å²) in [5.41, 5.74) is 3.01. The summed E-state index contributed by atoms with van der Waals surface area (Å²) < 4.78 is 0.980. The second-order valence-corrected chi connectivity index (χ2v) is 4.75. The summed E-state index contributed by atoms with van der Waals surface area (Å²) in [5, 5.41) is 2.22. The maximum Gasteiger partial charge on any atom is 0.159 e. The number of nitrogens with zero attached hydrogens (tertiary/aromatic N) is 2. The molecule has 0 spiro atoms. The second-order valence-electron chi connectivity index (χ2n) is 3.84. The van der Waals surface area contributed by atoms with Gasteiger partial charge in [0.15, 0.2) is 5.65 Å². The maximum atomic E-state index is 4.59. The second kappa shape index (κ2) is 3.52. The third-order valence-corrected chi connectivity index (χ3v) is 3.09. The molecule has 2 heterocycles.